The van der Waals surface area contributed by atoms with Crippen molar-refractivity contribution in [1.29, 1.82) is 0 Å². The van der Waals surface area contributed by atoms with E-state index in [-0.39, 0.29) is 15.8 Å². The van der Waals surface area contributed by atoms with E-state index in [1.165, 1.54) is 6.07 Å². The Hall–Kier alpha value is 0.180. The van der Waals surface area contributed by atoms with Gasteiger partial charge in [0.25, 0.3) is 0 Å². The molecule has 0 saturated heterocycles. The van der Waals surface area contributed by atoms with Gasteiger partial charge >= 0.3 is 0 Å². The van der Waals surface area contributed by atoms with Crippen molar-refractivity contribution in [3.63, 3.8) is 0 Å². The molecule has 78 valence electrons. The summed E-state index contributed by atoms with van der Waals surface area (Å²) in [6, 6.07) is 2.98. The maximum absolute atomic E-state index is 9.26. The van der Waals surface area contributed by atoms with Crippen molar-refractivity contribution in [2.45, 2.75) is 17.7 Å². The average Bonchev–Trinajstić information content (AvgIpc) is 2.14. The maximum Gasteiger partial charge on any atom is 0.144 e. The number of rotatable bonds is 2. The molecule has 0 heterocycles. The Balaban J connectivity index is 3.31. The number of aromatic hydroxyl groups is 1. The third-order valence-corrected chi connectivity index (χ3v) is 3.71. The third kappa shape index (κ3) is 2.22. The van der Waals surface area contributed by atoms with Crippen molar-refractivity contribution < 1.29 is 5.11 Å². The fourth-order valence-electron chi connectivity index (χ4n) is 1.01. The second-order valence-electron chi connectivity index (χ2n) is 2.82. The van der Waals surface area contributed by atoms with Crippen molar-refractivity contribution >= 4 is 46.4 Å². The molecular weight excluding hydrogens is 266 g/mol. The van der Waals surface area contributed by atoms with E-state index >= 15 is 0 Å². The molecule has 1 nitrogen and oxygen atoms in total. The smallest absolute Gasteiger partial charge is 0.144 e. The van der Waals surface area contributed by atoms with E-state index in [0.717, 1.165) is 0 Å². The summed E-state index contributed by atoms with van der Waals surface area (Å²) in [6.07, 6.45) is 0.497. The van der Waals surface area contributed by atoms with Gasteiger partial charge in [0.05, 0.1) is 5.02 Å². The lowest BCUT2D eigenvalue weighted by Crippen LogP contribution is -2.09. The predicted octanol–water partition coefficient (Wildman–Crippen LogP) is 4.74. The molecule has 0 fully saturated rings. The fourth-order valence-corrected chi connectivity index (χ4v) is 1.91. The highest BCUT2D eigenvalue weighted by atomic mass is 35.5. The predicted molar refractivity (Wildman–Crippen MR) is 61.8 cm³/mol. The van der Waals surface area contributed by atoms with Gasteiger partial charge in [0, 0.05) is 5.56 Å². The van der Waals surface area contributed by atoms with Gasteiger partial charge in [-0.15, -0.1) is 0 Å². The van der Waals surface area contributed by atoms with E-state index in [1.807, 2.05) is 6.92 Å². The molecule has 0 radical (unpaired) electrons. The zero-order valence-electron chi connectivity index (χ0n) is 7.32. The Morgan fingerprint density at radius 3 is 2.29 bits per heavy atom. The molecule has 0 aliphatic carbocycles. The van der Waals surface area contributed by atoms with Crippen LogP contribution in [0.5, 0.6) is 5.75 Å². The number of phenolic OH excluding ortho intramolecular Hbond substituents is 1. The van der Waals surface area contributed by atoms with Gasteiger partial charge in [0.2, 0.25) is 0 Å². The Kier molecular flexibility index (Phi) is 3.81. The minimum atomic E-state index is -1.07. The van der Waals surface area contributed by atoms with Crippen LogP contribution in [-0.4, -0.2) is 5.11 Å². The summed E-state index contributed by atoms with van der Waals surface area (Å²) in [5, 5.41) is 9.53. The first-order chi connectivity index (χ1) is 6.40. The quantitative estimate of drug-likeness (QED) is 0.772. The number of benzene rings is 1. The summed E-state index contributed by atoms with van der Waals surface area (Å²) < 4.78 is -1.07. The van der Waals surface area contributed by atoms with Crippen LogP contribution in [0.4, 0.5) is 0 Å². The minimum absolute atomic E-state index is 0.0725. The average molecular weight is 274 g/mol. The summed E-state index contributed by atoms with van der Waals surface area (Å²) in [6.45, 7) is 1.83. The van der Waals surface area contributed by atoms with Crippen LogP contribution in [-0.2, 0) is 4.33 Å². The monoisotopic (exact) mass is 272 g/mol. The lowest BCUT2D eigenvalue weighted by Gasteiger charge is -2.19. The van der Waals surface area contributed by atoms with Gasteiger partial charge < -0.3 is 5.11 Å². The second kappa shape index (κ2) is 4.36. The Morgan fingerprint density at radius 2 is 1.79 bits per heavy atom. The highest BCUT2D eigenvalue weighted by molar-refractivity contribution is 6.50. The molecule has 0 atom stereocenters. The van der Waals surface area contributed by atoms with Crippen molar-refractivity contribution in [3.8, 4) is 5.75 Å². The molecule has 0 amide bonds. The van der Waals surface area contributed by atoms with E-state index in [4.69, 9.17) is 46.4 Å². The largest absolute Gasteiger partial charge is 0.506 e. The molecule has 5 heteroatoms. The fraction of sp³-hybridized carbons (Fsp3) is 0.333. The SMILES string of the molecule is CCC(Cl)(Cl)c1ccc(O)c(Cl)c1Cl. The van der Waals surface area contributed by atoms with Crippen molar-refractivity contribution in [2.75, 3.05) is 0 Å². The normalized spacial score (nSPS) is 11.8. The topological polar surface area (TPSA) is 20.2 Å². The van der Waals surface area contributed by atoms with Crippen LogP contribution < -0.4 is 0 Å². The van der Waals surface area contributed by atoms with Gasteiger partial charge in [0.1, 0.15) is 15.1 Å². The number of halogens is 4. The third-order valence-electron chi connectivity index (χ3n) is 1.90. The molecule has 0 aliphatic heterocycles. The molecular formula is C9H8Cl4O. The van der Waals surface area contributed by atoms with E-state index in [9.17, 15) is 5.11 Å². The molecule has 0 spiro atoms. The molecule has 1 aromatic rings. The zero-order chi connectivity index (χ0) is 10.9. The Bertz CT molecular complexity index is 349. The van der Waals surface area contributed by atoms with Gasteiger partial charge in [-0.3, -0.25) is 0 Å². The molecule has 1 rings (SSSR count). The van der Waals surface area contributed by atoms with Crippen molar-refractivity contribution in [3.05, 3.63) is 27.7 Å². The van der Waals surface area contributed by atoms with Crippen LogP contribution in [0.25, 0.3) is 0 Å². The molecule has 14 heavy (non-hydrogen) atoms. The highest BCUT2D eigenvalue weighted by Gasteiger charge is 2.28. The van der Waals surface area contributed by atoms with E-state index in [2.05, 4.69) is 0 Å². The Morgan fingerprint density at radius 1 is 1.21 bits per heavy atom. The molecule has 0 bridgehead atoms. The summed E-state index contributed by atoms with van der Waals surface area (Å²) in [5.74, 6) is -0.0827. The van der Waals surface area contributed by atoms with E-state index < -0.39 is 4.33 Å². The number of hydrogen-bond donors (Lipinski definition) is 1. The summed E-state index contributed by atoms with van der Waals surface area (Å²) in [5.41, 5.74) is 0.507. The van der Waals surface area contributed by atoms with Gasteiger partial charge in [-0.1, -0.05) is 59.4 Å². The van der Waals surface area contributed by atoms with Crippen molar-refractivity contribution in [1.82, 2.24) is 0 Å². The van der Waals surface area contributed by atoms with Crippen LogP contribution in [0.2, 0.25) is 10.0 Å². The molecule has 0 aromatic heterocycles. The number of alkyl halides is 2. The Labute approximate surface area is 103 Å². The van der Waals surface area contributed by atoms with Crippen LogP contribution in [0, 0.1) is 0 Å². The number of hydrogen-bond acceptors (Lipinski definition) is 1. The van der Waals surface area contributed by atoms with Gasteiger partial charge in [-0.25, -0.2) is 0 Å². The molecule has 0 aliphatic rings. The maximum atomic E-state index is 9.26. The van der Waals surface area contributed by atoms with Crippen LogP contribution >= 0.6 is 46.4 Å². The van der Waals surface area contributed by atoms with Gasteiger partial charge in [-0.2, -0.15) is 0 Å². The van der Waals surface area contributed by atoms with E-state index in [0.29, 0.717) is 12.0 Å². The van der Waals surface area contributed by atoms with Gasteiger partial charge in [0.15, 0.2) is 0 Å². The zero-order valence-corrected chi connectivity index (χ0v) is 10.3. The highest BCUT2D eigenvalue weighted by Crippen LogP contribution is 2.45. The second-order valence-corrected chi connectivity index (χ2v) is 5.06. The summed E-state index contributed by atoms with van der Waals surface area (Å²) in [4.78, 5) is 0. The first-order valence-corrected chi connectivity index (χ1v) is 5.46. The first kappa shape index (κ1) is 12.3. The first-order valence-electron chi connectivity index (χ1n) is 3.95. The molecule has 0 unspecified atom stereocenters. The van der Waals surface area contributed by atoms with Crippen molar-refractivity contribution in [2.24, 2.45) is 0 Å². The molecule has 1 N–H and O–H groups in total. The lowest BCUT2D eigenvalue weighted by molar-refractivity contribution is 0.475. The van der Waals surface area contributed by atoms with Crippen LogP contribution in [0.3, 0.4) is 0 Å². The standard InChI is InChI=1S/C9H8Cl4O/c1-2-9(12,13)5-3-4-6(14)8(11)7(5)10/h3-4,14H,2H2,1H3. The van der Waals surface area contributed by atoms with Crippen LogP contribution in [0.1, 0.15) is 18.9 Å². The number of phenols is 1. The molecule has 0 saturated carbocycles. The summed E-state index contributed by atoms with van der Waals surface area (Å²) >= 11 is 23.7. The van der Waals surface area contributed by atoms with Crippen LogP contribution in [0.15, 0.2) is 12.1 Å². The summed E-state index contributed by atoms with van der Waals surface area (Å²) in [7, 11) is 0. The van der Waals surface area contributed by atoms with Gasteiger partial charge in [-0.05, 0) is 12.5 Å². The lowest BCUT2D eigenvalue weighted by atomic mass is 10.1. The van der Waals surface area contributed by atoms with E-state index in [1.54, 1.807) is 6.07 Å². The minimum Gasteiger partial charge on any atom is -0.506 e. The molecule has 1 aromatic carbocycles.